The number of nitriles is 1. The van der Waals surface area contributed by atoms with Gasteiger partial charge in [0.05, 0.1) is 28.4 Å². The predicted molar refractivity (Wildman–Crippen MR) is 165 cm³/mol. The second-order valence-electron chi connectivity index (χ2n) is 12.2. The van der Waals surface area contributed by atoms with Crippen LogP contribution in [0.5, 0.6) is 6.01 Å². The molecule has 4 aromatic rings. The van der Waals surface area contributed by atoms with E-state index in [0.717, 1.165) is 50.8 Å². The van der Waals surface area contributed by atoms with E-state index in [-0.39, 0.29) is 40.9 Å². The van der Waals surface area contributed by atoms with Gasteiger partial charge in [-0.3, -0.25) is 4.90 Å². The number of likely N-dealkylation sites (tertiary alicyclic amines) is 1. The molecule has 2 aromatic heterocycles. The number of fused-ring (bicyclic) bond motifs is 4. The van der Waals surface area contributed by atoms with Crippen LogP contribution in [0, 0.1) is 17.1 Å². The van der Waals surface area contributed by atoms with Crippen molar-refractivity contribution in [3.05, 3.63) is 40.8 Å². The van der Waals surface area contributed by atoms with Gasteiger partial charge in [0.1, 0.15) is 24.0 Å². The van der Waals surface area contributed by atoms with Crippen LogP contribution in [-0.4, -0.2) is 82.1 Å². The van der Waals surface area contributed by atoms with Gasteiger partial charge in [-0.2, -0.15) is 15.2 Å². The lowest BCUT2D eigenvalue weighted by Gasteiger charge is -2.35. The molecule has 10 nitrogen and oxygen atoms in total. The number of hydrogen-bond donors (Lipinski definition) is 3. The van der Waals surface area contributed by atoms with Crippen molar-refractivity contribution in [2.75, 3.05) is 50.5 Å². The van der Waals surface area contributed by atoms with E-state index in [4.69, 9.17) is 27.1 Å². The third-order valence-corrected chi connectivity index (χ3v) is 9.93. The number of anilines is 2. The van der Waals surface area contributed by atoms with E-state index < -0.39 is 11.4 Å². The maximum absolute atomic E-state index is 16.9. The lowest BCUT2D eigenvalue weighted by molar-refractivity contribution is 0.0363. The van der Waals surface area contributed by atoms with Gasteiger partial charge in [-0.15, -0.1) is 0 Å². The van der Waals surface area contributed by atoms with E-state index in [2.05, 4.69) is 26.2 Å². The molecule has 3 aliphatic rings. The number of nitrogen functional groups attached to an aromatic ring is 1. The molecule has 5 heterocycles. The molecule has 3 fully saturated rings. The van der Waals surface area contributed by atoms with Gasteiger partial charge in [-0.25, -0.2) is 4.39 Å². The van der Waals surface area contributed by atoms with Crippen LogP contribution in [0.25, 0.3) is 32.9 Å². The zero-order valence-electron chi connectivity index (χ0n) is 24.2. The van der Waals surface area contributed by atoms with Gasteiger partial charge in [0.2, 0.25) is 0 Å². The molecule has 2 unspecified atom stereocenters. The summed E-state index contributed by atoms with van der Waals surface area (Å²) in [6.07, 6.45) is 5.63. The van der Waals surface area contributed by atoms with Crippen molar-refractivity contribution in [2.45, 2.75) is 43.3 Å². The number of aliphatic hydroxyl groups is 1. The highest BCUT2D eigenvalue weighted by Gasteiger charge is 2.40. The van der Waals surface area contributed by atoms with E-state index in [1.54, 1.807) is 18.3 Å². The quantitative estimate of drug-likeness (QED) is 0.281. The number of benzene rings is 2. The highest BCUT2D eigenvalue weighted by atomic mass is 35.5. The summed E-state index contributed by atoms with van der Waals surface area (Å²) in [6.45, 7) is 2.41. The van der Waals surface area contributed by atoms with Crippen molar-refractivity contribution in [2.24, 2.45) is 7.05 Å². The first kappa shape index (κ1) is 28.1. The van der Waals surface area contributed by atoms with E-state index in [1.807, 2.05) is 24.7 Å². The topological polar surface area (TPSA) is 128 Å². The van der Waals surface area contributed by atoms with Crippen LogP contribution >= 0.6 is 11.6 Å². The Balaban J connectivity index is 1.41. The van der Waals surface area contributed by atoms with E-state index in [1.165, 1.54) is 0 Å². The molecule has 0 saturated carbocycles. The summed E-state index contributed by atoms with van der Waals surface area (Å²) < 4.78 is 24.9. The Kier molecular flexibility index (Phi) is 6.85. The highest BCUT2D eigenvalue weighted by molar-refractivity contribution is 6.35. The van der Waals surface area contributed by atoms with Gasteiger partial charge >= 0.3 is 6.01 Å². The Bertz CT molecular complexity index is 1790. The van der Waals surface area contributed by atoms with Crippen LogP contribution < -0.4 is 20.7 Å². The largest absolute Gasteiger partial charge is 0.461 e. The summed E-state index contributed by atoms with van der Waals surface area (Å²) in [5, 5.41) is 25.1. The number of hydrogen-bond acceptors (Lipinski definition) is 9. The smallest absolute Gasteiger partial charge is 0.319 e. The first-order valence-corrected chi connectivity index (χ1v) is 15.0. The highest BCUT2D eigenvalue weighted by Crippen LogP contribution is 2.43. The lowest BCUT2D eigenvalue weighted by Crippen LogP contribution is -2.51. The molecule has 224 valence electrons. The Morgan fingerprint density at radius 2 is 2.02 bits per heavy atom. The zero-order valence-corrected chi connectivity index (χ0v) is 25.0. The molecule has 0 radical (unpaired) electrons. The molecule has 0 amide bonds. The number of nitrogens with two attached hydrogens (primary N) is 1. The minimum atomic E-state index is -0.622. The van der Waals surface area contributed by atoms with Crippen molar-refractivity contribution in [1.29, 1.82) is 5.26 Å². The lowest BCUT2D eigenvalue weighted by atomic mass is 9.98. The number of rotatable bonds is 6. The van der Waals surface area contributed by atoms with Gasteiger partial charge in [-0.05, 0) is 57.5 Å². The maximum Gasteiger partial charge on any atom is 0.319 e. The van der Waals surface area contributed by atoms with Gasteiger partial charge in [-0.1, -0.05) is 11.6 Å². The van der Waals surface area contributed by atoms with Crippen LogP contribution in [-0.2, 0) is 7.05 Å². The third-order valence-electron chi connectivity index (χ3n) is 9.64. The molecular formula is C31H34ClFN8O2. The average Bonchev–Trinajstić information content (AvgIpc) is 3.65. The molecule has 3 atom stereocenters. The van der Waals surface area contributed by atoms with E-state index in [0.29, 0.717) is 39.9 Å². The molecule has 2 bridgehead atoms. The van der Waals surface area contributed by atoms with Crippen LogP contribution in [0.4, 0.5) is 15.9 Å². The molecule has 7 rings (SSSR count). The normalized spacial score (nSPS) is 23.9. The number of aromatic nitrogens is 3. The SMILES string of the molecule is CN1CCC[C@@]1(CO)COc1nc(N2CC3CCC(C2)N3)c2cc(Cl)c(-c3cn(C)c4ccc(N)c(C#N)c34)c(F)c2n1. The van der Waals surface area contributed by atoms with Crippen LogP contribution in [0.1, 0.15) is 31.2 Å². The average molecular weight is 605 g/mol. The Morgan fingerprint density at radius 3 is 2.70 bits per heavy atom. The monoisotopic (exact) mass is 604 g/mol. The fourth-order valence-electron chi connectivity index (χ4n) is 7.19. The van der Waals surface area contributed by atoms with Crippen molar-refractivity contribution >= 4 is 44.9 Å². The van der Waals surface area contributed by atoms with Crippen LogP contribution in [0.3, 0.4) is 0 Å². The van der Waals surface area contributed by atoms with Gasteiger partial charge in [0, 0.05) is 65.8 Å². The summed E-state index contributed by atoms with van der Waals surface area (Å²) in [4.78, 5) is 13.7. The summed E-state index contributed by atoms with van der Waals surface area (Å²) in [5.74, 6) is -0.0498. The zero-order chi connectivity index (χ0) is 30.0. The Hall–Kier alpha value is -3.69. The molecule has 2 aromatic carbocycles. The number of likely N-dealkylation sites (N-methyl/N-ethyl adjacent to an activating group) is 1. The van der Waals surface area contributed by atoms with Crippen molar-refractivity contribution < 1.29 is 14.2 Å². The maximum atomic E-state index is 16.9. The first-order valence-electron chi connectivity index (χ1n) is 14.7. The van der Waals surface area contributed by atoms with Gasteiger partial charge < -0.3 is 30.4 Å². The number of halogens is 2. The minimum absolute atomic E-state index is 0.0496. The third kappa shape index (κ3) is 4.47. The van der Waals surface area contributed by atoms with Crippen LogP contribution in [0.15, 0.2) is 24.4 Å². The number of nitrogens with zero attached hydrogens (tertiary/aromatic N) is 6. The Morgan fingerprint density at radius 1 is 1.26 bits per heavy atom. The van der Waals surface area contributed by atoms with Crippen molar-refractivity contribution in [1.82, 2.24) is 24.8 Å². The summed E-state index contributed by atoms with van der Waals surface area (Å²) in [7, 11) is 3.80. The fraction of sp³-hybridized carbons (Fsp3) is 0.452. The summed E-state index contributed by atoms with van der Waals surface area (Å²) in [6, 6.07) is 8.08. The van der Waals surface area contributed by atoms with E-state index >= 15 is 4.39 Å². The Labute approximate surface area is 253 Å². The molecular weight excluding hydrogens is 571 g/mol. The predicted octanol–water partition coefficient (Wildman–Crippen LogP) is 3.81. The number of aliphatic hydroxyl groups excluding tert-OH is 1. The molecule has 3 saturated heterocycles. The molecule has 43 heavy (non-hydrogen) atoms. The second-order valence-corrected chi connectivity index (χ2v) is 12.6. The fourth-order valence-corrected chi connectivity index (χ4v) is 7.49. The van der Waals surface area contributed by atoms with E-state index in [9.17, 15) is 10.4 Å². The van der Waals surface area contributed by atoms with Gasteiger partial charge in [0.15, 0.2) is 5.82 Å². The number of ether oxygens (including phenoxy) is 1. The molecule has 0 spiro atoms. The van der Waals surface area contributed by atoms with Crippen molar-refractivity contribution in [3.8, 4) is 23.2 Å². The molecule has 4 N–H and O–H groups in total. The molecule has 12 heteroatoms. The standard InChI is InChI=1S/C31H34ClFN8O2/c1-39-14-21(25-20(11-34)23(35)6-7-24(25)39)26-22(32)10-19-28(27(26)33)37-30(43-16-31(15-42)8-3-9-40(31)2)38-29(19)41-12-17-4-5-18(13-41)36-17/h6-7,10,14,17-18,36,42H,3-5,8-9,12-13,15-16,35H2,1-2H3/t17?,18?,31-/m1/s1. The number of piperazine rings is 1. The van der Waals surface area contributed by atoms with Crippen molar-refractivity contribution in [3.63, 3.8) is 0 Å². The first-order chi connectivity index (χ1) is 20.7. The number of nitrogens with one attached hydrogen (secondary N) is 1. The molecule has 3 aliphatic heterocycles. The van der Waals surface area contributed by atoms with Gasteiger partial charge in [0.25, 0.3) is 0 Å². The summed E-state index contributed by atoms with van der Waals surface area (Å²) >= 11 is 6.89. The number of aryl methyl sites for hydroxylation is 1. The van der Waals surface area contributed by atoms with Crippen LogP contribution in [0.2, 0.25) is 5.02 Å². The summed E-state index contributed by atoms with van der Waals surface area (Å²) in [5.41, 5.74) is 7.60. The molecule has 0 aliphatic carbocycles. The second kappa shape index (κ2) is 10.5. The minimum Gasteiger partial charge on any atom is -0.461 e.